The van der Waals surface area contributed by atoms with E-state index in [9.17, 15) is 4.79 Å². The standard InChI is InChI=1S/C13H10IN3O2/c1-19-12-3-2-9(4-10(12)5-15)7-17-8-16-6-11(14)13(17)18/h2-4,6,8H,7H2,1H3. The zero-order valence-electron chi connectivity index (χ0n) is 10.1. The van der Waals surface area contributed by atoms with Crippen molar-refractivity contribution in [2.75, 3.05) is 7.11 Å². The van der Waals surface area contributed by atoms with Gasteiger partial charge in [0.15, 0.2) is 0 Å². The van der Waals surface area contributed by atoms with Gasteiger partial charge in [0.2, 0.25) is 0 Å². The normalized spacial score (nSPS) is 9.95. The lowest BCUT2D eigenvalue weighted by molar-refractivity contribution is 0.413. The smallest absolute Gasteiger partial charge is 0.267 e. The van der Waals surface area contributed by atoms with E-state index in [1.165, 1.54) is 24.2 Å². The summed E-state index contributed by atoms with van der Waals surface area (Å²) in [6.45, 7) is 0.376. The Kier molecular flexibility index (Phi) is 4.16. The average Bonchev–Trinajstić information content (AvgIpc) is 2.43. The summed E-state index contributed by atoms with van der Waals surface area (Å²) in [4.78, 5) is 15.9. The first-order valence-electron chi connectivity index (χ1n) is 5.42. The molecule has 2 aromatic rings. The molecule has 1 aromatic carbocycles. The number of hydrogen-bond donors (Lipinski definition) is 0. The summed E-state index contributed by atoms with van der Waals surface area (Å²) in [5, 5.41) is 9.03. The Hall–Kier alpha value is -1.88. The molecule has 19 heavy (non-hydrogen) atoms. The van der Waals surface area contributed by atoms with Gasteiger partial charge in [-0.3, -0.25) is 9.36 Å². The first kappa shape index (κ1) is 13.5. The predicted octanol–water partition coefficient (Wildman–Crippen LogP) is 1.78. The summed E-state index contributed by atoms with van der Waals surface area (Å²) >= 11 is 1.95. The number of aromatic nitrogens is 2. The molecule has 0 spiro atoms. The van der Waals surface area contributed by atoms with E-state index in [1.807, 2.05) is 28.7 Å². The molecule has 1 heterocycles. The van der Waals surface area contributed by atoms with Gasteiger partial charge < -0.3 is 4.74 Å². The highest BCUT2D eigenvalue weighted by atomic mass is 127. The van der Waals surface area contributed by atoms with Crippen LogP contribution < -0.4 is 10.3 Å². The van der Waals surface area contributed by atoms with E-state index in [2.05, 4.69) is 11.1 Å². The van der Waals surface area contributed by atoms with Gasteiger partial charge in [-0.05, 0) is 40.3 Å². The van der Waals surface area contributed by atoms with Crippen LogP contribution in [0, 0.1) is 14.9 Å². The van der Waals surface area contributed by atoms with Gasteiger partial charge in [0, 0.05) is 6.20 Å². The zero-order valence-corrected chi connectivity index (χ0v) is 12.3. The van der Waals surface area contributed by atoms with E-state index >= 15 is 0 Å². The first-order chi connectivity index (χ1) is 9.15. The Balaban J connectivity index is 2.37. The second-order valence-corrected chi connectivity index (χ2v) is 4.98. The lowest BCUT2D eigenvalue weighted by Gasteiger charge is -2.08. The molecule has 1 aromatic heterocycles. The molecule has 0 saturated heterocycles. The molecular weight excluding hydrogens is 357 g/mol. The molecule has 5 nitrogen and oxygen atoms in total. The quantitative estimate of drug-likeness (QED) is 0.776. The van der Waals surface area contributed by atoms with E-state index in [1.54, 1.807) is 12.1 Å². The molecule has 0 amide bonds. The molecule has 0 fully saturated rings. The highest BCUT2D eigenvalue weighted by molar-refractivity contribution is 14.1. The van der Waals surface area contributed by atoms with Crippen LogP contribution in [0.2, 0.25) is 0 Å². The number of ether oxygens (including phenoxy) is 1. The van der Waals surface area contributed by atoms with E-state index < -0.39 is 0 Å². The van der Waals surface area contributed by atoms with Crippen LogP contribution in [0.3, 0.4) is 0 Å². The van der Waals surface area contributed by atoms with E-state index in [4.69, 9.17) is 10.00 Å². The predicted molar refractivity (Wildman–Crippen MR) is 78.0 cm³/mol. The Morgan fingerprint density at radius 2 is 2.32 bits per heavy atom. The minimum Gasteiger partial charge on any atom is -0.495 e. The highest BCUT2D eigenvalue weighted by Gasteiger charge is 2.06. The van der Waals surface area contributed by atoms with Gasteiger partial charge in [-0.2, -0.15) is 5.26 Å². The average molecular weight is 367 g/mol. The lowest BCUT2D eigenvalue weighted by atomic mass is 10.1. The largest absolute Gasteiger partial charge is 0.495 e. The molecule has 0 saturated carbocycles. The van der Waals surface area contributed by atoms with Gasteiger partial charge >= 0.3 is 0 Å². The fourth-order valence-electron chi connectivity index (χ4n) is 1.67. The van der Waals surface area contributed by atoms with Crippen molar-refractivity contribution in [2.24, 2.45) is 0 Å². The summed E-state index contributed by atoms with van der Waals surface area (Å²) < 4.78 is 7.15. The van der Waals surface area contributed by atoms with Crippen LogP contribution in [-0.2, 0) is 6.54 Å². The molecule has 96 valence electrons. The Morgan fingerprint density at radius 3 is 3.00 bits per heavy atom. The van der Waals surface area contributed by atoms with Crippen molar-refractivity contribution in [3.63, 3.8) is 0 Å². The first-order valence-corrected chi connectivity index (χ1v) is 6.50. The number of nitriles is 1. The molecule has 0 N–H and O–H groups in total. The van der Waals surface area contributed by atoms with Crippen molar-refractivity contribution in [3.05, 3.63) is 55.8 Å². The summed E-state index contributed by atoms with van der Waals surface area (Å²) in [7, 11) is 1.52. The van der Waals surface area contributed by atoms with Crippen LogP contribution in [0.4, 0.5) is 0 Å². The number of nitrogens with zero attached hydrogens (tertiary/aromatic N) is 3. The third-order valence-corrected chi connectivity index (χ3v) is 3.34. The van der Waals surface area contributed by atoms with Crippen LogP contribution >= 0.6 is 22.6 Å². The van der Waals surface area contributed by atoms with Gasteiger partial charge in [0.05, 0.1) is 29.1 Å². The fourth-order valence-corrected chi connectivity index (χ4v) is 2.14. The van der Waals surface area contributed by atoms with Gasteiger partial charge in [0.1, 0.15) is 11.8 Å². The van der Waals surface area contributed by atoms with Crippen molar-refractivity contribution in [1.82, 2.24) is 9.55 Å². The minimum atomic E-state index is -0.0927. The molecule has 6 heteroatoms. The SMILES string of the molecule is COc1ccc(Cn2cncc(I)c2=O)cc1C#N. The van der Waals surface area contributed by atoms with Crippen LogP contribution in [0.15, 0.2) is 35.5 Å². The second kappa shape index (κ2) is 5.84. The van der Waals surface area contributed by atoms with Crippen molar-refractivity contribution in [2.45, 2.75) is 6.54 Å². The van der Waals surface area contributed by atoms with Crippen molar-refractivity contribution < 1.29 is 4.74 Å². The zero-order chi connectivity index (χ0) is 13.8. The van der Waals surface area contributed by atoms with Crippen LogP contribution in [-0.4, -0.2) is 16.7 Å². The molecule has 0 aliphatic heterocycles. The summed E-state index contributed by atoms with van der Waals surface area (Å²) in [6.07, 6.45) is 3.01. The second-order valence-electron chi connectivity index (χ2n) is 3.82. The molecule has 0 aliphatic carbocycles. The van der Waals surface area contributed by atoms with Crippen molar-refractivity contribution in [3.8, 4) is 11.8 Å². The molecular formula is C13H10IN3O2. The molecule has 0 atom stereocenters. The van der Waals surface area contributed by atoms with Crippen LogP contribution in [0.1, 0.15) is 11.1 Å². The maximum Gasteiger partial charge on any atom is 0.267 e. The summed E-state index contributed by atoms with van der Waals surface area (Å²) in [6, 6.07) is 7.33. The Morgan fingerprint density at radius 1 is 1.53 bits per heavy atom. The third kappa shape index (κ3) is 2.93. The number of methoxy groups -OCH3 is 1. The summed E-state index contributed by atoms with van der Waals surface area (Å²) in [5.74, 6) is 0.527. The molecule has 0 bridgehead atoms. The van der Waals surface area contributed by atoms with Crippen molar-refractivity contribution >= 4 is 22.6 Å². The van der Waals surface area contributed by atoms with Gasteiger partial charge in [-0.1, -0.05) is 6.07 Å². The van der Waals surface area contributed by atoms with E-state index in [-0.39, 0.29) is 5.56 Å². The van der Waals surface area contributed by atoms with Crippen LogP contribution in [0.5, 0.6) is 5.75 Å². The minimum absolute atomic E-state index is 0.0927. The number of benzene rings is 1. The van der Waals surface area contributed by atoms with E-state index in [0.29, 0.717) is 21.4 Å². The molecule has 0 unspecified atom stereocenters. The highest BCUT2D eigenvalue weighted by Crippen LogP contribution is 2.19. The number of halogens is 1. The monoisotopic (exact) mass is 367 g/mol. The van der Waals surface area contributed by atoms with Crippen molar-refractivity contribution in [1.29, 1.82) is 5.26 Å². The molecule has 0 radical (unpaired) electrons. The molecule has 0 aliphatic rings. The maximum atomic E-state index is 11.9. The van der Waals surface area contributed by atoms with E-state index in [0.717, 1.165) is 5.56 Å². The lowest BCUT2D eigenvalue weighted by Crippen LogP contribution is -2.22. The topological polar surface area (TPSA) is 67.9 Å². The molecule has 2 rings (SSSR count). The fraction of sp³-hybridized carbons (Fsp3) is 0.154. The third-order valence-electron chi connectivity index (χ3n) is 2.60. The Bertz CT molecular complexity index is 704. The summed E-state index contributed by atoms with van der Waals surface area (Å²) in [5.41, 5.74) is 1.21. The van der Waals surface area contributed by atoms with Gasteiger partial charge in [-0.25, -0.2) is 4.98 Å². The van der Waals surface area contributed by atoms with Crippen LogP contribution in [0.25, 0.3) is 0 Å². The number of hydrogen-bond acceptors (Lipinski definition) is 4. The number of rotatable bonds is 3. The Labute approximate surface area is 123 Å². The maximum absolute atomic E-state index is 11.9. The van der Waals surface area contributed by atoms with Gasteiger partial charge in [-0.15, -0.1) is 0 Å². The van der Waals surface area contributed by atoms with Gasteiger partial charge in [0.25, 0.3) is 5.56 Å².